The Morgan fingerprint density at radius 3 is 2.56 bits per heavy atom. The molecule has 1 aromatic carbocycles. The summed E-state index contributed by atoms with van der Waals surface area (Å²) in [6.45, 7) is 4.12. The van der Waals surface area contributed by atoms with Gasteiger partial charge in [-0.1, -0.05) is 19.9 Å². The molecule has 0 aliphatic heterocycles. The van der Waals surface area contributed by atoms with E-state index < -0.39 is 11.6 Å². The molecule has 88 valence electrons. The topological polar surface area (TPSA) is 29.1 Å². The zero-order valence-electron chi connectivity index (χ0n) is 9.39. The average molecular weight is 227 g/mol. The van der Waals surface area contributed by atoms with Gasteiger partial charge in [0.25, 0.3) is 0 Å². The summed E-state index contributed by atoms with van der Waals surface area (Å²) < 4.78 is 25.5. The molecule has 0 fully saturated rings. The van der Waals surface area contributed by atoms with Gasteiger partial charge in [0.2, 0.25) is 0 Å². The van der Waals surface area contributed by atoms with E-state index in [2.05, 4.69) is 5.32 Å². The highest BCUT2D eigenvalue weighted by molar-refractivity contribution is 5.82. The first-order chi connectivity index (χ1) is 7.49. The lowest BCUT2D eigenvalue weighted by Gasteiger charge is -2.07. The molecular formula is C12H15F2NO. The quantitative estimate of drug-likeness (QED) is 0.834. The molecule has 0 heterocycles. The standard InChI is InChI=1S/C12H15F2NO/c1-8(2)15-7-10(16)5-9-3-4-11(13)12(14)6-9/h3-4,6,8,15H,5,7H2,1-2H3. The Bertz CT molecular complexity index is 377. The van der Waals surface area contributed by atoms with Gasteiger partial charge in [-0.05, 0) is 17.7 Å². The summed E-state index contributed by atoms with van der Waals surface area (Å²) in [4.78, 5) is 11.4. The van der Waals surface area contributed by atoms with Crippen molar-refractivity contribution < 1.29 is 13.6 Å². The van der Waals surface area contributed by atoms with Crippen LogP contribution in [0.3, 0.4) is 0 Å². The molecule has 0 atom stereocenters. The lowest BCUT2D eigenvalue weighted by Crippen LogP contribution is -2.29. The molecule has 2 nitrogen and oxygen atoms in total. The molecule has 0 aromatic heterocycles. The number of nitrogens with one attached hydrogen (secondary N) is 1. The van der Waals surface area contributed by atoms with Gasteiger partial charge in [-0.2, -0.15) is 0 Å². The maximum Gasteiger partial charge on any atom is 0.159 e. The zero-order valence-corrected chi connectivity index (χ0v) is 9.39. The lowest BCUT2D eigenvalue weighted by atomic mass is 10.1. The highest BCUT2D eigenvalue weighted by Gasteiger charge is 2.07. The fourth-order valence-corrected chi connectivity index (χ4v) is 1.26. The number of Topliss-reactive ketones (excluding diaryl/α,β-unsaturated/α-hetero) is 1. The van der Waals surface area contributed by atoms with E-state index >= 15 is 0 Å². The van der Waals surface area contributed by atoms with E-state index in [1.54, 1.807) is 0 Å². The first-order valence-electron chi connectivity index (χ1n) is 5.18. The Labute approximate surface area is 93.7 Å². The Balaban J connectivity index is 2.53. The predicted octanol–water partition coefficient (Wildman–Crippen LogP) is 2.07. The number of hydrogen-bond acceptors (Lipinski definition) is 2. The van der Waals surface area contributed by atoms with Crippen LogP contribution in [0.15, 0.2) is 18.2 Å². The Kier molecular flexibility index (Phi) is 4.55. The molecule has 4 heteroatoms. The van der Waals surface area contributed by atoms with Gasteiger partial charge in [0.15, 0.2) is 17.4 Å². The summed E-state index contributed by atoms with van der Waals surface area (Å²) in [7, 11) is 0. The first-order valence-corrected chi connectivity index (χ1v) is 5.18. The van der Waals surface area contributed by atoms with Crippen molar-refractivity contribution in [2.75, 3.05) is 6.54 Å². The number of rotatable bonds is 5. The molecule has 16 heavy (non-hydrogen) atoms. The van der Waals surface area contributed by atoms with Crippen molar-refractivity contribution in [1.29, 1.82) is 0 Å². The summed E-state index contributed by atoms with van der Waals surface area (Å²) in [5.74, 6) is -1.85. The first kappa shape index (κ1) is 12.8. The molecule has 0 bridgehead atoms. The molecule has 1 rings (SSSR count). The summed E-state index contributed by atoms with van der Waals surface area (Å²) in [6, 6.07) is 3.75. The summed E-state index contributed by atoms with van der Waals surface area (Å²) in [5, 5.41) is 2.97. The van der Waals surface area contributed by atoms with Crippen molar-refractivity contribution in [3.05, 3.63) is 35.4 Å². The van der Waals surface area contributed by atoms with Gasteiger partial charge in [-0.25, -0.2) is 8.78 Å². The van der Waals surface area contributed by atoms with E-state index in [0.717, 1.165) is 12.1 Å². The second-order valence-corrected chi connectivity index (χ2v) is 4.00. The van der Waals surface area contributed by atoms with E-state index in [9.17, 15) is 13.6 Å². The zero-order chi connectivity index (χ0) is 12.1. The molecule has 0 saturated heterocycles. The smallest absolute Gasteiger partial charge is 0.159 e. The fourth-order valence-electron chi connectivity index (χ4n) is 1.26. The molecule has 1 N–H and O–H groups in total. The van der Waals surface area contributed by atoms with E-state index in [4.69, 9.17) is 0 Å². The number of carbonyl (C=O) groups excluding carboxylic acids is 1. The van der Waals surface area contributed by atoms with E-state index in [0.29, 0.717) is 5.56 Å². The van der Waals surface area contributed by atoms with Crippen molar-refractivity contribution in [3.63, 3.8) is 0 Å². The van der Waals surface area contributed by atoms with Crippen LogP contribution in [-0.2, 0) is 11.2 Å². The van der Waals surface area contributed by atoms with Crippen LogP contribution in [-0.4, -0.2) is 18.4 Å². The second kappa shape index (κ2) is 5.70. The van der Waals surface area contributed by atoms with Crippen LogP contribution in [0.1, 0.15) is 19.4 Å². The number of halogens is 2. The van der Waals surface area contributed by atoms with Gasteiger partial charge in [-0.3, -0.25) is 4.79 Å². The highest BCUT2D eigenvalue weighted by atomic mass is 19.2. The van der Waals surface area contributed by atoms with Crippen LogP contribution < -0.4 is 5.32 Å². The SMILES string of the molecule is CC(C)NCC(=O)Cc1ccc(F)c(F)c1. The average Bonchev–Trinajstić information content (AvgIpc) is 2.21. The third-order valence-corrected chi connectivity index (χ3v) is 2.09. The molecule has 0 radical (unpaired) electrons. The number of hydrogen-bond donors (Lipinski definition) is 1. The van der Waals surface area contributed by atoms with E-state index in [-0.39, 0.29) is 24.8 Å². The van der Waals surface area contributed by atoms with Gasteiger partial charge in [0.1, 0.15) is 0 Å². The fraction of sp³-hybridized carbons (Fsp3) is 0.417. The normalized spacial score (nSPS) is 10.8. The minimum absolute atomic E-state index is 0.0419. The van der Waals surface area contributed by atoms with Crippen LogP contribution in [0.2, 0.25) is 0 Å². The molecule has 0 saturated carbocycles. The van der Waals surface area contributed by atoms with Crippen LogP contribution in [0.4, 0.5) is 8.78 Å². The van der Waals surface area contributed by atoms with Crippen molar-refractivity contribution in [2.24, 2.45) is 0 Å². The lowest BCUT2D eigenvalue weighted by molar-refractivity contribution is -0.117. The van der Waals surface area contributed by atoms with E-state index in [1.807, 2.05) is 13.8 Å². The van der Waals surface area contributed by atoms with Gasteiger partial charge < -0.3 is 5.32 Å². The van der Waals surface area contributed by atoms with Gasteiger partial charge in [-0.15, -0.1) is 0 Å². The van der Waals surface area contributed by atoms with Gasteiger partial charge >= 0.3 is 0 Å². The predicted molar refractivity (Wildman–Crippen MR) is 58.2 cm³/mol. The highest BCUT2D eigenvalue weighted by Crippen LogP contribution is 2.09. The van der Waals surface area contributed by atoms with Crippen molar-refractivity contribution >= 4 is 5.78 Å². The molecule has 0 aliphatic rings. The molecular weight excluding hydrogens is 212 g/mol. The molecule has 0 aliphatic carbocycles. The molecule has 0 amide bonds. The summed E-state index contributed by atoms with van der Waals surface area (Å²) in [6.07, 6.45) is 0.122. The maximum absolute atomic E-state index is 12.8. The third kappa shape index (κ3) is 4.06. The number of benzene rings is 1. The minimum Gasteiger partial charge on any atom is -0.308 e. The van der Waals surface area contributed by atoms with Crippen LogP contribution in [0.5, 0.6) is 0 Å². The Hall–Kier alpha value is -1.29. The molecule has 0 spiro atoms. The maximum atomic E-state index is 12.8. The van der Waals surface area contributed by atoms with Gasteiger partial charge in [0, 0.05) is 12.5 Å². The third-order valence-electron chi connectivity index (χ3n) is 2.09. The Morgan fingerprint density at radius 1 is 1.31 bits per heavy atom. The van der Waals surface area contributed by atoms with Crippen molar-refractivity contribution in [3.8, 4) is 0 Å². The number of carbonyl (C=O) groups is 1. The molecule has 1 aromatic rings. The van der Waals surface area contributed by atoms with Crippen molar-refractivity contribution in [1.82, 2.24) is 5.32 Å². The summed E-state index contributed by atoms with van der Waals surface area (Å²) in [5.41, 5.74) is 0.495. The minimum atomic E-state index is -0.915. The molecule has 0 unspecified atom stereocenters. The van der Waals surface area contributed by atoms with Crippen molar-refractivity contribution in [2.45, 2.75) is 26.3 Å². The number of ketones is 1. The van der Waals surface area contributed by atoms with Crippen LogP contribution in [0.25, 0.3) is 0 Å². The van der Waals surface area contributed by atoms with Gasteiger partial charge in [0.05, 0.1) is 6.54 Å². The summed E-state index contributed by atoms with van der Waals surface area (Å²) >= 11 is 0. The Morgan fingerprint density at radius 2 is 2.00 bits per heavy atom. The van der Waals surface area contributed by atoms with Crippen LogP contribution >= 0.6 is 0 Å². The van der Waals surface area contributed by atoms with Crippen LogP contribution in [0, 0.1) is 11.6 Å². The van der Waals surface area contributed by atoms with E-state index in [1.165, 1.54) is 6.07 Å². The second-order valence-electron chi connectivity index (χ2n) is 4.00. The largest absolute Gasteiger partial charge is 0.308 e. The monoisotopic (exact) mass is 227 g/mol.